The Labute approximate surface area is 196 Å². The van der Waals surface area contributed by atoms with Gasteiger partial charge in [0, 0.05) is 16.4 Å². The van der Waals surface area contributed by atoms with Crippen LogP contribution in [0.5, 0.6) is 0 Å². The van der Waals surface area contributed by atoms with Crippen molar-refractivity contribution in [3.05, 3.63) is 81.3 Å². The summed E-state index contributed by atoms with van der Waals surface area (Å²) in [5.74, 6) is -0.727. The quantitative estimate of drug-likeness (QED) is 0.385. The minimum Gasteiger partial charge on any atom is -0.461 e. The highest BCUT2D eigenvalue weighted by Gasteiger charge is 2.24. The molecule has 32 heavy (non-hydrogen) atoms. The van der Waals surface area contributed by atoms with Crippen molar-refractivity contribution >= 4 is 39.9 Å². The van der Waals surface area contributed by atoms with Gasteiger partial charge in [0.25, 0.3) is 5.91 Å². The van der Waals surface area contributed by atoms with E-state index < -0.39 is 5.97 Å². The summed E-state index contributed by atoms with van der Waals surface area (Å²) in [6, 6.07) is 17.2. The largest absolute Gasteiger partial charge is 0.461 e. The van der Waals surface area contributed by atoms with Gasteiger partial charge in [0.05, 0.1) is 13.2 Å². The third-order valence-electron chi connectivity index (χ3n) is 4.69. The second kappa shape index (κ2) is 11.8. The van der Waals surface area contributed by atoms with E-state index in [0.717, 1.165) is 11.1 Å². The van der Waals surface area contributed by atoms with E-state index in [1.165, 1.54) is 11.3 Å². The van der Waals surface area contributed by atoms with Crippen LogP contribution in [0.4, 0.5) is 5.13 Å². The molecule has 1 aromatic heterocycles. The zero-order valence-electron chi connectivity index (χ0n) is 18.0. The number of amides is 1. The number of thiazole rings is 1. The summed E-state index contributed by atoms with van der Waals surface area (Å²) in [6.45, 7) is 4.30. The molecule has 0 spiro atoms. The normalized spacial score (nSPS) is 10.7. The van der Waals surface area contributed by atoms with Crippen LogP contribution in [0, 0.1) is 6.92 Å². The molecule has 1 amide bonds. The first-order valence-corrected chi connectivity index (χ1v) is 11.5. The van der Waals surface area contributed by atoms with Gasteiger partial charge in [-0.15, -0.1) is 11.3 Å². The SMILES string of the molecule is CCOC(=O)c1nc(N(CCc2ccccc2)C(=O)COCc2ccccc2Cl)sc1C. The molecule has 6 nitrogen and oxygen atoms in total. The number of hydrogen-bond donors (Lipinski definition) is 0. The fraction of sp³-hybridized carbons (Fsp3) is 0.292. The van der Waals surface area contributed by atoms with Crippen LogP contribution < -0.4 is 4.90 Å². The minimum absolute atomic E-state index is 0.132. The lowest BCUT2D eigenvalue weighted by atomic mass is 10.1. The number of halogens is 1. The van der Waals surface area contributed by atoms with Crippen molar-refractivity contribution in [2.75, 3.05) is 24.7 Å². The molecule has 0 saturated heterocycles. The van der Waals surface area contributed by atoms with Crippen LogP contribution in [-0.4, -0.2) is 36.6 Å². The van der Waals surface area contributed by atoms with Crippen LogP contribution >= 0.6 is 22.9 Å². The highest BCUT2D eigenvalue weighted by atomic mass is 35.5. The van der Waals surface area contributed by atoms with Gasteiger partial charge in [0.2, 0.25) is 0 Å². The second-order valence-electron chi connectivity index (χ2n) is 6.99. The summed E-state index contributed by atoms with van der Waals surface area (Å²) < 4.78 is 10.7. The first kappa shape index (κ1) is 23.9. The van der Waals surface area contributed by atoms with E-state index in [4.69, 9.17) is 21.1 Å². The van der Waals surface area contributed by atoms with Gasteiger partial charge in [-0.3, -0.25) is 9.69 Å². The zero-order chi connectivity index (χ0) is 22.9. The Morgan fingerprint density at radius 3 is 2.53 bits per heavy atom. The first-order chi connectivity index (χ1) is 15.5. The zero-order valence-corrected chi connectivity index (χ0v) is 19.6. The molecule has 8 heteroatoms. The number of carbonyl (C=O) groups excluding carboxylic acids is 2. The Morgan fingerprint density at radius 1 is 1.09 bits per heavy atom. The van der Waals surface area contributed by atoms with Gasteiger partial charge in [-0.1, -0.05) is 60.1 Å². The van der Waals surface area contributed by atoms with E-state index in [0.29, 0.717) is 28.0 Å². The number of aromatic nitrogens is 1. The van der Waals surface area contributed by atoms with Crippen LogP contribution in [-0.2, 0) is 27.3 Å². The van der Waals surface area contributed by atoms with Crippen LogP contribution in [0.2, 0.25) is 5.02 Å². The predicted octanol–water partition coefficient (Wildman–Crippen LogP) is 5.07. The Balaban J connectivity index is 1.74. The number of benzene rings is 2. The Kier molecular flexibility index (Phi) is 8.79. The van der Waals surface area contributed by atoms with E-state index >= 15 is 0 Å². The number of ether oxygens (including phenoxy) is 2. The third-order valence-corrected chi connectivity index (χ3v) is 6.06. The molecule has 2 aromatic carbocycles. The molecular formula is C24H25ClN2O4S. The molecule has 0 radical (unpaired) electrons. The van der Waals surface area contributed by atoms with E-state index in [1.807, 2.05) is 48.5 Å². The molecule has 3 aromatic rings. The van der Waals surface area contributed by atoms with Crippen molar-refractivity contribution in [3.8, 4) is 0 Å². The molecular weight excluding hydrogens is 448 g/mol. The highest BCUT2D eigenvalue weighted by molar-refractivity contribution is 7.16. The molecule has 3 rings (SSSR count). The van der Waals surface area contributed by atoms with Gasteiger partial charge in [-0.2, -0.15) is 0 Å². The summed E-state index contributed by atoms with van der Waals surface area (Å²) in [5.41, 5.74) is 2.15. The lowest BCUT2D eigenvalue weighted by molar-refractivity contribution is -0.123. The van der Waals surface area contributed by atoms with Crippen molar-refractivity contribution < 1.29 is 19.1 Å². The van der Waals surface area contributed by atoms with Crippen molar-refractivity contribution in [2.45, 2.75) is 26.9 Å². The maximum absolute atomic E-state index is 13.1. The first-order valence-electron chi connectivity index (χ1n) is 10.3. The molecule has 0 N–H and O–H groups in total. The number of nitrogens with zero attached hydrogens (tertiary/aromatic N) is 2. The predicted molar refractivity (Wildman–Crippen MR) is 126 cm³/mol. The number of anilines is 1. The van der Waals surface area contributed by atoms with Crippen molar-refractivity contribution in [2.24, 2.45) is 0 Å². The highest BCUT2D eigenvalue weighted by Crippen LogP contribution is 2.27. The Hall–Kier alpha value is -2.74. The molecule has 168 valence electrons. The molecule has 0 aliphatic carbocycles. The minimum atomic E-state index is -0.488. The molecule has 1 heterocycles. The van der Waals surface area contributed by atoms with Crippen molar-refractivity contribution in [1.82, 2.24) is 4.98 Å². The molecule has 0 bridgehead atoms. The average molecular weight is 473 g/mol. The number of esters is 1. The van der Waals surface area contributed by atoms with Gasteiger partial charge >= 0.3 is 5.97 Å². The van der Waals surface area contributed by atoms with E-state index in [1.54, 1.807) is 24.8 Å². The molecule has 0 aliphatic rings. The number of hydrogen-bond acceptors (Lipinski definition) is 6. The standard InChI is InChI=1S/C24H25ClN2O4S/c1-3-31-23(29)22-17(2)32-24(26-22)27(14-13-18-9-5-4-6-10-18)21(28)16-30-15-19-11-7-8-12-20(19)25/h4-12H,3,13-16H2,1-2H3. The fourth-order valence-electron chi connectivity index (χ4n) is 3.04. The lowest BCUT2D eigenvalue weighted by Gasteiger charge is -2.20. The van der Waals surface area contributed by atoms with Crippen molar-refractivity contribution in [3.63, 3.8) is 0 Å². The van der Waals surface area contributed by atoms with Gasteiger partial charge in [0.15, 0.2) is 10.8 Å². The average Bonchev–Trinajstić information content (AvgIpc) is 3.17. The smallest absolute Gasteiger partial charge is 0.358 e. The van der Waals surface area contributed by atoms with Crippen LogP contribution in [0.25, 0.3) is 0 Å². The molecule has 0 unspecified atom stereocenters. The molecule has 0 aliphatic heterocycles. The van der Waals surface area contributed by atoms with Gasteiger partial charge in [-0.05, 0) is 37.5 Å². The molecule has 0 saturated carbocycles. The number of aryl methyl sites for hydroxylation is 1. The fourth-order valence-corrected chi connectivity index (χ4v) is 4.17. The molecule has 0 fully saturated rings. The summed E-state index contributed by atoms with van der Waals surface area (Å²) in [6.07, 6.45) is 0.643. The molecule has 0 atom stereocenters. The van der Waals surface area contributed by atoms with Crippen molar-refractivity contribution in [1.29, 1.82) is 0 Å². The van der Waals surface area contributed by atoms with E-state index in [2.05, 4.69) is 4.98 Å². The van der Waals surface area contributed by atoms with E-state index in [9.17, 15) is 9.59 Å². The Bertz CT molecular complexity index is 1060. The van der Waals surface area contributed by atoms with Crippen LogP contribution in [0.3, 0.4) is 0 Å². The summed E-state index contributed by atoms with van der Waals surface area (Å²) >= 11 is 7.45. The monoisotopic (exact) mass is 472 g/mol. The van der Waals surface area contributed by atoms with Gasteiger partial charge in [0.1, 0.15) is 6.61 Å². The lowest BCUT2D eigenvalue weighted by Crippen LogP contribution is -2.35. The number of carbonyl (C=O) groups is 2. The maximum atomic E-state index is 13.1. The summed E-state index contributed by atoms with van der Waals surface area (Å²) in [5, 5.41) is 1.04. The van der Waals surface area contributed by atoms with Crippen LogP contribution in [0.15, 0.2) is 54.6 Å². The summed E-state index contributed by atoms with van der Waals surface area (Å²) in [4.78, 5) is 32.0. The maximum Gasteiger partial charge on any atom is 0.358 e. The Morgan fingerprint density at radius 2 is 1.81 bits per heavy atom. The summed E-state index contributed by atoms with van der Waals surface area (Å²) in [7, 11) is 0. The topological polar surface area (TPSA) is 68.7 Å². The third kappa shape index (κ3) is 6.38. The van der Waals surface area contributed by atoms with Crippen LogP contribution in [0.1, 0.15) is 33.4 Å². The van der Waals surface area contributed by atoms with Gasteiger partial charge in [-0.25, -0.2) is 9.78 Å². The number of rotatable bonds is 10. The van der Waals surface area contributed by atoms with E-state index in [-0.39, 0.29) is 31.4 Å². The van der Waals surface area contributed by atoms with Gasteiger partial charge < -0.3 is 9.47 Å². The second-order valence-corrected chi connectivity index (χ2v) is 8.58.